The summed E-state index contributed by atoms with van der Waals surface area (Å²) in [5, 5.41) is 3.08. The molecule has 0 bridgehead atoms. The van der Waals surface area contributed by atoms with Gasteiger partial charge in [0.1, 0.15) is 16.4 Å². The number of sulfonamides is 1. The third-order valence-corrected chi connectivity index (χ3v) is 5.11. The van der Waals surface area contributed by atoms with E-state index in [1.807, 2.05) is 6.92 Å². The summed E-state index contributed by atoms with van der Waals surface area (Å²) < 4.78 is 37.7. The molecule has 21 heavy (non-hydrogen) atoms. The van der Waals surface area contributed by atoms with Gasteiger partial charge in [-0.15, -0.1) is 0 Å². The molecule has 2 heterocycles. The average molecular weight is 377 g/mol. The lowest BCUT2D eigenvalue weighted by atomic mass is 10.3. The predicted molar refractivity (Wildman–Crippen MR) is 81.4 cm³/mol. The van der Waals surface area contributed by atoms with E-state index >= 15 is 0 Å². The van der Waals surface area contributed by atoms with Gasteiger partial charge in [0.05, 0.1) is 12.8 Å². The van der Waals surface area contributed by atoms with Crippen molar-refractivity contribution >= 4 is 26.0 Å². The van der Waals surface area contributed by atoms with Crippen molar-refractivity contribution in [2.75, 3.05) is 13.1 Å². The smallest absolute Gasteiger partial charge is 0.244 e. The van der Waals surface area contributed by atoms with Crippen molar-refractivity contribution in [2.24, 2.45) is 0 Å². The van der Waals surface area contributed by atoms with Gasteiger partial charge in [-0.25, -0.2) is 13.1 Å². The normalized spacial score (nSPS) is 11.9. The van der Waals surface area contributed by atoms with Gasteiger partial charge in [0.15, 0.2) is 4.67 Å². The predicted octanol–water partition coefficient (Wildman–Crippen LogP) is 2.27. The monoisotopic (exact) mass is 376 g/mol. The second kappa shape index (κ2) is 7.26. The molecule has 0 saturated carbocycles. The highest BCUT2D eigenvalue weighted by atomic mass is 79.9. The average Bonchev–Trinajstić information content (AvgIpc) is 3.06. The van der Waals surface area contributed by atoms with E-state index in [1.54, 1.807) is 18.4 Å². The molecule has 0 amide bonds. The Balaban J connectivity index is 1.99. The van der Waals surface area contributed by atoms with Crippen molar-refractivity contribution in [3.8, 4) is 0 Å². The third kappa shape index (κ3) is 4.44. The van der Waals surface area contributed by atoms with Crippen LogP contribution >= 0.6 is 15.9 Å². The SMILES string of the molecule is CCNCc1cc(S(=O)(=O)NCCc2ccco2)c(Br)o1. The molecule has 0 spiro atoms. The first-order valence-electron chi connectivity index (χ1n) is 6.54. The van der Waals surface area contributed by atoms with E-state index in [-0.39, 0.29) is 16.1 Å². The van der Waals surface area contributed by atoms with Gasteiger partial charge >= 0.3 is 0 Å². The largest absolute Gasteiger partial charge is 0.469 e. The molecule has 2 N–H and O–H groups in total. The molecule has 0 aliphatic heterocycles. The highest BCUT2D eigenvalue weighted by Crippen LogP contribution is 2.26. The van der Waals surface area contributed by atoms with Crippen LogP contribution in [-0.2, 0) is 23.0 Å². The van der Waals surface area contributed by atoms with E-state index in [1.165, 1.54) is 6.07 Å². The Hall–Kier alpha value is -1.09. The minimum absolute atomic E-state index is 0.106. The molecule has 2 aromatic heterocycles. The zero-order chi connectivity index (χ0) is 15.3. The van der Waals surface area contributed by atoms with Crippen LogP contribution < -0.4 is 10.0 Å². The van der Waals surface area contributed by atoms with Gasteiger partial charge in [0, 0.05) is 19.0 Å². The van der Waals surface area contributed by atoms with Crippen molar-refractivity contribution in [3.05, 3.63) is 40.7 Å². The van der Waals surface area contributed by atoms with Crippen molar-refractivity contribution in [1.82, 2.24) is 10.0 Å². The highest BCUT2D eigenvalue weighted by Gasteiger charge is 2.22. The summed E-state index contributed by atoms with van der Waals surface area (Å²) in [6, 6.07) is 5.09. The number of hydrogen-bond acceptors (Lipinski definition) is 5. The third-order valence-electron chi connectivity index (χ3n) is 2.79. The van der Waals surface area contributed by atoms with E-state index in [2.05, 4.69) is 26.0 Å². The van der Waals surface area contributed by atoms with Crippen LogP contribution in [-0.4, -0.2) is 21.5 Å². The molecule has 0 saturated heterocycles. The molecule has 2 aromatic rings. The van der Waals surface area contributed by atoms with E-state index in [9.17, 15) is 8.42 Å². The van der Waals surface area contributed by atoms with Crippen LogP contribution in [0.4, 0.5) is 0 Å². The molecule has 0 unspecified atom stereocenters. The molecule has 0 radical (unpaired) electrons. The standard InChI is InChI=1S/C13H17BrN2O4S/c1-2-15-9-11-8-12(13(14)20-11)21(17,18)16-6-5-10-4-3-7-19-10/h3-4,7-8,15-16H,2,5-6,9H2,1H3. The number of nitrogens with one attached hydrogen (secondary N) is 2. The summed E-state index contributed by atoms with van der Waals surface area (Å²) >= 11 is 3.14. The van der Waals surface area contributed by atoms with Crippen LogP contribution in [0.25, 0.3) is 0 Å². The molecule has 0 aromatic carbocycles. The zero-order valence-electron chi connectivity index (χ0n) is 11.6. The van der Waals surface area contributed by atoms with Gasteiger partial charge in [-0.05, 0) is 34.6 Å². The summed E-state index contributed by atoms with van der Waals surface area (Å²) in [5.74, 6) is 1.30. The summed E-state index contributed by atoms with van der Waals surface area (Å²) in [6.07, 6.45) is 2.05. The maximum Gasteiger partial charge on any atom is 0.244 e. The number of hydrogen-bond donors (Lipinski definition) is 2. The second-order valence-corrected chi connectivity index (χ2v) is 6.81. The lowest BCUT2D eigenvalue weighted by Crippen LogP contribution is -2.25. The molecule has 116 valence electrons. The Morgan fingerprint density at radius 3 is 2.81 bits per heavy atom. The van der Waals surface area contributed by atoms with Crippen molar-refractivity contribution in [1.29, 1.82) is 0 Å². The molecule has 0 aliphatic rings. The molecule has 0 aliphatic carbocycles. The Morgan fingerprint density at radius 2 is 2.14 bits per heavy atom. The van der Waals surface area contributed by atoms with Crippen LogP contribution in [0, 0.1) is 0 Å². The van der Waals surface area contributed by atoms with E-state index in [0.29, 0.717) is 18.7 Å². The summed E-state index contributed by atoms with van der Waals surface area (Å²) in [4.78, 5) is 0.106. The van der Waals surface area contributed by atoms with Gasteiger partial charge in [-0.3, -0.25) is 0 Å². The van der Waals surface area contributed by atoms with Crippen LogP contribution in [0.15, 0.2) is 42.9 Å². The summed E-state index contributed by atoms with van der Waals surface area (Å²) in [5.41, 5.74) is 0. The van der Waals surface area contributed by atoms with Gasteiger partial charge < -0.3 is 14.2 Å². The van der Waals surface area contributed by atoms with Gasteiger partial charge in [-0.1, -0.05) is 6.92 Å². The topological polar surface area (TPSA) is 84.5 Å². The molecule has 0 atom stereocenters. The second-order valence-electron chi connectivity index (χ2n) is 4.36. The lowest BCUT2D eigenvalue weighted by molar-refractivity contribution is 0.464. The van der Waals surface area contributed by atoms with E-state index in [4.69, 9.17) is 8.83 Å². The Labute approximate surface area is 132 Å². The highest BCUT2D eigenvalue weighted by molar-refractivity contribution is 9.10. The van der Waals surface area contributed by atoms with Gasteiger partial charge in [0.2, 0.25) is 10.0 Å². The number of furan rings is 2. The maximum absolute atomic E-state index is 12.2. The summed E-state index contributed by atoms with van der Waals surface area (Å²) in [6.45, 7) is 3.49. The Morgan fingerprint density at radius 1 is 1.33 bits per heavy atom. The molecule has 2 rings (SSSR count). The first kappa shape index (κ1) is 16.3. The maximum atomic E-state index is 12.2. The Kier molecular flexibility index (Phi) is 5.63. The van der Waals surface area contributed by atoms with Crippen molar-refractivity contribution in [2.45, 2.75) is 24.8 Å². The van der Waals surface area contributed by atoms with E-state index in [0.717, 1.165) is 12.3 Å². The molecule has 0 fully saturated rings. The van der Waals surface area contributed by atoms with Crippen LogP contribution in [0.1, 0.15) is 18.4 Å². The lowest BCUT2D eigenvalue weighted by Gasteiger charge is -2.03. The van der Waals surface area contributed by atoms with E-state index < -0.39 is 10.0 Å². The fourth-order valence-electron chi connectivity index (χ4n) is 1.76. The fraction of sp³-hybridized carbons (Fsp3) is 0.385. The van der Waals surface area contributed by atoms with Gasteiger partial charge in [0.25, 0.3) is 0 Å². The minimum Gasteiger partial charge on any atom is -0.469 e. The Bertz CT molecular complexity index is 664. The fourth-order valence-corrected chi connectivity index (χ4v) is 3.79. The quantitative estimate of drug-likeness (QED) is 0.737. The zero-order valence-corrected chi connectivity index (χ0v) is 14.0. The van der Waals surface area contributed by atoms with Crippen LogP contribution in [0.2, 0.25) is 0 Å². The first-order chi connectivity index (χ1) is 10.0. The molecule has 6 nitrogen and oxygen atoms in total. The van der Waals surface area contributed by atoms with Crippen molar-refractivity contribution < 1.29 is 17.3 Å². The minimum atomic E-state index is -3.61. The number of halogens is 1. The van der Waals surface area contributed by atoms with Crippen LogP contribution in [0.5, 0.6) is 0 Å². The van der Waals surface area contributed by atoms with Gasteiger partial charge in [-0.2, -0.15) is 0 Å². The summed E-state index contributed by atoms with van der Waals surface area (Å²) in [7, 11) is -3.61. The first-order valence-corrected chi connectivity index (χ1v) is 8.81. The molecule has 8 heteroatoms. The number of rotatable bonds is 8. The van der Waals surface area contributed by atoms with Crippen molar-refractivity contribution in [3.63, 3.8) is 0 Å². The molecular formula is C13H17BrN2O4S. The molecular weight excluding hydrogens is 360 g/mol. The van der Waals surface area contributed by atoms with Crippen LogP contribution in [0.3, 0.4) is 0 Å².